The molecule has 0 radical (unpaired) electrons. The summed E-state index contributed by atoms with van der Waals surface area (Å²) in [6.45, 7) is 4.48. The lowest BCUT2D eigenvalue weighted by atomic mass is 10.0. The molecule has 1 amide bonds. The summed E-state index contributed by atoms with van der Waals surface area (Å²) in [4.78, 5) is 57.3. The van der Waals surface area contributed by atoms with Crippen molar-refractivity contribution < 1.29 is 44.0 Å². The molecule has 1 heterocycles. The Morgan fingerprint density at radius 2 is 1.70 bits per heavy atom. The number of carbonyl (C=O) groups is 5. The summed E-state index contributed by atoms with van der Waals surface area (Å²) < 4.78 is 5.38. The van der Waals surface area contributed by atoms with Crippen molar-refractivity contribution in [2.24, 2.45) is 0 Å². The van der Waals surface area contributed by atoms with E-state index in [2.05, 4.69) is 5.32 Å². The number of carboxylic acid groups (broad SMARTS) is 3. The van der Waals surface area contributed by atoms with Crippen LogP contribution < -0.4 is 5.32 Å². The molecule has 0 bridgehead atoms. The molecule has 204 valence electrons. The van der Waals surface area contributed by atoms with E-state index in [1.54, 1.807) is 6.92 Å². The van der Waals surface area contributed by atoms with Crippen molar-refractivity contribution in [1.29, 1.82) is 0 Å². The molecular weight excluding hydrogens is 484 g/mol. The van der Waals surface area contributed by atoms with Crippen LogP contribution in [0, 0.1) is 0 Å². The molecule has 11 nitrogen and oxygen atoms in total. The van der Waals surface area contributed by atoms with E-state index in [4.69, 9.17) is 14.9 Å². The van der Waals surface area contributed by atoms with Crippen LogP contribution in [0.1, 0.15) is 51.5 Å². The first kappa shape index (κ1) is 31.3. The van der Waals surface area contributed by atoms with Crippen LogP contribution in [0.15, 0.2) is 42.5 Å². The number of aryl methyl sites for hydroxylation is 1. The number of rotatable bonds is 13. The fourth-order valence-corrected chi connectivity index (χ4v) is 3.69. The predicted molar refractivity (Wildman–Crippen MR) is 134 cm³/mol. The van der Waals surface area contributed by atoms with E-state index in [1.807, 2.05) is 37.3 Å². The normalized spacial score (nSPS) is 16.4. The Bertz CT molecular complexity index is 917. The molecule has 3 atom stereocenters. The number of unbranched alkanes of at least 4 members (excludes halogenated alkanes) is 1. The van der Waals surface area contributed by atoms with Gasteiger partial charge in [0.2, 0.25) is 5.91 Å². The highest BCUT2D eigenvalue weighted by molar-refractivity contribution is 5.89. The van der Waals surface area contributed by atoms with Gasteiger partial charge in [-0.1, -0.05) is 43.7 Å². The summed E-state index contributed by atoms with van der Waals surface area (Å²) in [5, 5.41) is 28.0. The molecule has 37 heavy (non-hydrogen) atoms. The van der Waals surface area contributed by atoms with Crippen LogP contribution in [0.25, 0.3) is 0 Å². The van der Waals surface area contributed by atoms with Crippen molar-refractivity contribution >= 4 is 29.8 Å². The van der Waals surface area contributed by atoms with Gasteiger partial charge < -0.3 is 25.0 Å². The van der Waals surface area contributed by atoms with E-state index in [0.29, 0.717) is 51.0 Å². The number of likely N-dealkylation sites (tertiary alicyclic amines) is 1. The average molecular weight is 521 g/mol. The summed E-state index contributed by atoms with van der Waals surface area (Å²) in [5.41, 5.74) is 1.10. The second kappa shape index (κ2) is 16.9. The Balaban J connectivity index is 0.000000738. The first-order valence-corrected chi connectivity index (χ1v) is 12.2. The zero-order chi connectivity index (χ0) is 27.8. The third kappa shape index (κ3) is 12.2. The topological polar surface area (TPSA) is 171 Å². The SMILES string of the molecule is CCCCOC(=O)[C@H](CCc1ccccc1)N[C@@H](C)C(=O)N1CCC[C@H]1C(=O)O.O=C(O)/C=C\C(=O)O. The number of carbonyl (C=O) groups excluding carboxylic acids is 2. The van der Waals surface area contributed by atoms with Gasteiger partial charge in [-0.05, 0) is 44.6 Å². The maximum Gasteiger partial charge on any atom is 0.328 e. The van der Waals surface area contributed by atoms with Gasteiger partial charge in [-0.2, -0.15) is 0 Å². The van der Waals surface area contributed by atoms with Crippen molar-refractivity contribution in [2.75, 3.05) is 13.2 Å². The molecular formula is C26H36N2O9. The Labute approximate surface area is 216 Å². The van der Waals surface area contributed by atoms with Crippen LogP contribution in [0.4, 0.5) is 0 Å². The molecule has 1 saturated heterocycles. The lowest BCUT2D eigenvalue weighted by molar-refractivity contribution is -0.150. The molecule has 0 aliphatic carbocycles. The molecule has 0 unspecified atom stereocenters. The minimum absolute atomic E-state index is 0.291. The van der Waals surface area contributed by atoms with Crippen molar-refractivity contribution in [2.45, 2.75) is 70.5 Å². The maximum atomic E-state index is 12.8. The van der Waals surface area contributed by atoms with Gasteiger partial charge in [-0.25, -0.2) is 14.4 Å². The Hall–Kier alpha value is -3.73. The minimum atomic E-state index is -1.26. The molecule has 0 aromatic heterocycles. The molecule has 1 aliphatic rings. The third-order valence-corrected chi connectivity index (χ3v) is 5.60. The Morgan fingerprint density at radius 1 is 1.08 bits per heavy atom. The number of ether oxygens (including phenoxy) is 1. The minimum Gasteiger partial charge on any atom is -0.480 e. The highest BCUT2D eigenvalue weighted by atomic mass is 16.5. The van der Waals surface area contributed by atoms with Crippen molar-refractivity contribution in [1.82, 2.24) is 10.2 Å². The van der Waals surface area contributed by atoms with Crippen molar-refractivity contribution in [3.8, 4) is 0 Å². The average Bonchev–Trinajstić information content (AvgIpc) is 3.36. The second-order valence-corrected chi connectivity index (χ2v) is 8.52. The van der Waals surface area contributed by atoms with E-state index in [1.165, 1.54) is 4.90 Å². The van der Waals surface area contributed by atoms with Crippen LogP contribution in [-0.4, -0.2) is 81.3 Å². The van der Waals surface area contributed by atoms with Crippen molar-refractivity contribution in [3.63, 3.8) is 0 Å². The molecule has 1 aliphatic heterocycles. The Morgan fingerprint density at radius 3 is 2.24 bits per heavy atom. The van der Waals surface area contributed by atoms with E-state index in [-0.39, 0.29) is 11.9 Å². The quantitative estimate of drug-likeness (QED) is 0.171. The smallest absolute Gasteiger partial charge is 0.328 e. The molecule has 1 fully saturated rings. The first-order chi connectivity index (χ1) is 17.6. The number of amides is 1. The van der Waals surface area contributed by atoms with Gasteiger partial charge in [0.1, 0.15) is 12.1 Å². The summed E-state index contributed by atoms with van der Waals surface area (Å²) in [5.74, 6) is -4.16. The van der Waals surface area contributed by atoms with Gasteiger partial charge in [0.25, 0.3) is 0 Å². The molecule has 4 N–H and O–H groups in total. The Kier molecular flexibility index (Phi) is 14.3. The van der Waals surface area contributed by atoms with Gasteiger partial charge in [0, 0.05) is 18.7 Å². The zero-order valence-electron chi connectivity index (χ0n) is 21.2. The van der Waals surface area contributed by atoms with Crippen LogP contribution >= 0.6 is 0 Å². The lowest BCUT2D eigenvalue weighted by Gasteiger charge is -2.28. The van der Waals surface area contributed by atoms with Crippen molar-refractivity contribution in [3.05, 3.63) is 48.0 Å². The zero-order valence-corrected chi connectivity index (χ0v) is 21.2. The predicted octanol–water partition coefficient (Wildman–Crippen LogP) is 2.10. The van der Waals surface area contributed by atoms with Gasteiger partial charge in [0.05, 0.1) is 12.6 Å². The molecule has 1 aromatic carbocycles. The number of hydrogen-bond acceptors (Lipinski definition) is 7. The van der Waals surface area contributed by atoms with Crippen LogP contribution in [0.5, 0.6) is 0 Å². The van der Waals surface area contributed by atoms with E-state index in [0.717, 1.165) is 18.4 Å². The van der Waals surface area contributed by atoms with Crippen LogP contribution in [-0.2, 0) is 35.1 Å². The lowest BCUT2D eigenvalue weighted by Crippen LogP contribution is -2.53. The van der Waals surface area contributed by atoms with Gasteiger partial charge in [-0.15, -0.1) is 0 Å². The number of benzene rings is 1. The number of hydrogen-bond donors (Lipinski definition) is 4. The summed E-state index contributed by atoms with van der Waals surface area (Å²) >= 11 is 0. The standard InChI is InChI=1S/C22H32N2O5.C4H4O4/c1-3-4-15-29-22(28)18(13-12-17-9-6-5-7-10-17)23-16(2)20(25)24-14-8-11-19(24)21(26)27;5-3(6)1-2-4(7)8/h5-7,9-10,16,18-19,23H,3-4,8,11-15H2,1-2H3,(H,26,27);1-2H,(H,5,6)(H,7,8)/b;2-1-/t16-,18-,19-;/m0./s1. The highest BCUT2D eigenvalue weighted by Gasteiger charge is 2.37. The molecule has 11 heteroatoms. The molecule has 2 rings (SSSR count). The van der Waals surface area contributed by atoms with Gasteiger partial charge in [-0.3, -0.25) is 14.9 Å². The van der Waals surface area contributed by atoms with E-state index >= 15 is 0 Å². The molecule has 1 aromatic rings. The largest absolute Gasteiger partial charge is 0.480 e. The van der Waals surface area contributed by atoms with Gasteiger partial charge in [0.15, 0.2) is 0 Å². The third-order valence-electron chi connectivity index (χ3n) is 5.60. The maximum absolute atomic E-state index is 12.8. The number of nitrogens with one attached hydrogen (secondary N) is 1. The summed E-state index contributed by atoms with van der Waals surface area (Å²) in [6, 6.07) is 7.74. The van der Waals surface area contributed by atoms with E-state index in [9.17, 15) is 29.1 Å². The first-order valence-electron chi connectivity index (χ1n) is 12.2. The molecule has 0 saturated carbocycles. The summed E-state index contributed by atoms with van der Waals surface area (Å²) in [6.07, 6.45) is 5.13. The highest BCUT2D eigenvalue weighted by Crippen LogP contribution is 2.19. The van der Waals surface area contributed by atoms with Crippen LogP contribution in [0.2, 0.25) is 0 Å². The monoisotopic (exact) mass is 520 g/mol. The fourth-order valence-electron chi connectivity index (χ4n) is 3.69. The van der Waals surface area contributed by atoms with Gasteiger partial charge >= 0.3 is 23.9 Å². The fraction of sp³-hybridized carbons (Fsp3) is 0.500. The van der Waals surface area contributed by atoms with E-state index < -0.39 is 36.0 Å². The van der Waals surface area contributed by atoms with Crippen LogP contribution in [0.3, 0.4) is 0 Å². The number of carboxylic acids is 3. The number of nitrogens with zero attached hydrogens (tertiary/aromatic N) is 1. The number of esters is 1. The number of aliphatic carboxylic acids is 3. The summed E-state index contributed by atoms with van der Waals surface area (Å²) in [7, 11) is 0. The molecule has 0 spiro atoms. The second-order valence-electron chi connectivity index (χ2n) is 8.52.